The molecule has 98 valence electrons. The molecule has 18 heavy (non-hydrogen) atoms. The molecule has 0 fully saturated rings. The van der Waals surface area contributed by atoms with Gasteiger partial charge in [0.25, 0.3) is 0 Å². The first kappa shape index (κ1) is 13.0. The third kappa shape index (κ3) is 3.53. The first-order valence-electron chi connectivity index (χ1n) is 6.53. The fourth-order valence-electron chi connectivity index (χ4n) is 2.12. The number of nitrogens with zero attached hydrogens (tertiary/aromatic N) is 2. The van der Waals surface area contributed by atoms with Gasteiger partial charge in [-0.3, -0.25) is 4.98 Å². The predicted molar refractivity (Wildman–Crippen MR) is 71.3 cm³/mol. The van der Waals surface area contributed by atoms with Crippen molar-refractivity contribution in [3.05, 3.63) is 30.2 Å². The van der Waals surface area contributed by atoms with E-state index >= 15 is 0 Å². The minimum Gasteiger partial charge on any atom is -0.476 e. The van der Waals surface area contributed by atoms with Gasteiger partial charge in [-0.15, -0.1) is 0 Å². The van der Waals surface area contributed by atoms with E-state index in [0.717, 1.165) is 31.7 Å². The van der Waals surface area contributed by atoms with E-state index in [2.05, 4.69) is 34.4 Å². The zero-order valence-corrected chi connectivity index (χ0v) is 11.1. The average molecular weight is 247 g/mol. The van der Waals surface area contributed by atoms with Crippen molar-refractivity contribution in [2.75, 3.05) is 13.7 Å². The molecule has 0 saturated heterocycles. The Morgan fingerprint density at radius 1 is 1.28 bits per heavy atom. The van der Waals surface area contributed by atoms with Gasteiger partial charge in [-0.2, -0.15) is 0 Å². The summed E-state index contributed by atoms with van der Waals surface area (Å²) in [6.07, 6.45) is 10.2. The highest BCUT2D eigenvalue weighted by molar-refractivity contribution is 5.07. The molecule has 2 atom stereocenters. The lowest BCUT2D eigenvalue weighted by molar-refractivity contribution is 0.192. The maximum Gasteiger partial charge on any atom is 0.232 e. The molecule has 1 aromatic heterocycles. The van der Waals surface area contributed by atoms with Crippen molar-refractivity contribution in [3.63, 3.8) is 0 Å². The van der Waals surface area contributed by atoms with E-state index in [0.29, 0.717) is 17.7 Å². The van der Waals surface area contributed by atoms with Crippen LogP contribution in [0.4, 0.5) is 0 Å². The molecule has 0 aliphatic heterocycles. The molecular formula is C14H21N3O. The van der Waals surface area contributed by atoms with Crippen LogP contribution in [0.1, 0.15) is 25.5 Å². The zero-order valence-electron chi connectivity index (χ0n) is 11.1. The van der Waals surface area contributed by atoms with E-state index in [1.807, 2.05) is 7.05 Å². The average Bonchev–Trinajstić information content (AvgIpc) is 2.40. The summed E-state index contributed by atoms with van der Waals surface area (Å²) in [5, 5.41) is 3.04. The Bertz CT molecular complexity index is 389. The minimum atomic E-state index is 0.591. The Hall–Kier alpha value is -1.42. The van der Waals surface area contributed by atoms with Gasteiger partial charge >= 0.3 is 0 Å². The molecule has 0 bridgehead atoms. The van der Waals surface area contributed by atoms with Crippen molar-refractivity contribution in [1.82, 2.24) is 15.3 Å². The number of aromatic nitrogens is 2. The van der Waals surface area contributed by atoms with E-state index in [1.165, 1.54) is 0 Å². The van der Waals surface area contributed by atoms with Gasteiger partial charge in [0.05, 0.1) is 24.7 Å². The molecule has 1 aliphatic rings. The Balaban J connectivity index is 1.84. The van der Waals surface area contributed by atoms with Crippen LogP contribution in [-0.4, -0.2) is 23.6 Å². The summed E-state index contributed by atoms with van der Waals surface area (Å²) in [5.74, 6) is 1.90. The third-order valence-corrected chi connectivity index (χ3v) is 3.40. The number of nitrogens with one attached hydrogen (secondary N) is 1. The Morgan fingerprint density at radius 2 is 2.11 bits per heavy atom. The van der Waals surface area contributed by atoms with Crippen LogP contribution in [-0.2, 0) is 6.54 Å². The molecule has 2 unspecified atom stereocenters. The van der Waals surface area contributed by atoms with Crippen LogP contribution in [0.2, 0.25) is 0 Å². The van der Waals surface area contributed by atoms with Crippen LogP contribution < -0.4 is 10.1 Å². The first-order valence-corrected chi connectivity index (χ1v) is 6.53. The third-order valence-electron chi connectivity index (χ3n) is 3.40. The van der Waals surface area contributed by atoms with Crippen LogP contribution in [0, 0.1) is 11.8 Å². The highest BCUT2D eigenvalue weighted by Gasteiger charge is 2.19. The van der Waals surface area contributed by atoms with Gasteiger partial charge in [-0.1, -0.05) is 19.1 Å². The molecule has 4 heteroatoms. The quantitative estimate of drug-likeness (QED) is 0.810. The minimum absolute atomic E-state index is 0.591. The van der Waals surface area contributed by atoms with Gasteiger partial charge in [0.1, 0.15) is 0 Å². The maximum absolute atomic E-state index is 5.72. The van der Waals surface area contributed by atoms with Crippen LogP contribution in [0.3, 0.4) is 0 Å². The van der Waals surface area contributed by atoms with Gasteiger partial charge in [-0.05, 0) is 31.7 Å². The SMILES string of the molecule is CNCc1cnc(OCC2CC=CCC2C)cn1. The second kappa shape index (κ2) is 6.50. The summed E-state index contributed by atoms with van der Waals surface area (Å²) < 4.78 is 5.72. The standard InChI is InChI=1S/C14H21N3O/c1-11-5-3-4-6-12(11)10-18-14-9-16-13(7-15-2)8-17-14/h3-4,8-9,11-12,15H,5-7,10H2,1-2H3. The number of ether oxygens (including phenoxy) is 1. The molecule has 0 aromatic carbocycles. The van der Waals surface area contributed by atoms with Gasteiger partial charge < -0.3 is 10.1 Å². The second-order valence-corrected chi connectivity index (χ2v) is 4.87. The maximum atomic E-state index is 5.72. The normalized spacial score (nSPS) is 23.0. The summed E-state index contributed by atoms with van der Waals surface area (Å²) in [6, 6.07) is 0. The molecule has 0 radical (unpaired) electrons. The summed E-state index contributed by atoms with van der Waals surface area (Å²) >= 11 is 0. The van der Waals surface area contributed by atoms with E-state index in [-0.39, 0.29) is 0 Å². The molecule has 0 spiro atoms. The lowest BCUT2D eigenvalue weighted by Crippen LogP contribution is -2.21. The Labute approximate surface area is 108 Å². The Kier molecular flexibility index (Phi) is 4.70. The lowest BCUT2D eigenvalue weighted by atomic mass is 9.85. The van der Waals surface area contributed by atoms with E-state index in [9.17, 15) is 0 Å². The van der Waals surface area contributed by atoms with Gasteiger partial charge in [0.2, 0.25) is 5.88 Å². The summed E-state index contributed by atoms with van der Waals surface area (Å²) in [4.78, 5) is 8.55. The molecule has 1 aromatic rings. The van der Waals surface area contributed by atoms with Crippen LogP contribution in [0.25, 0.3) is 0 Å². The number of rotatable bonds is 5. The Morgan fingerprint density at radius 3 is 2.78 bits per heavy atom. The van der Waals surface area contributed by atoms with Crippen molar-refractivity contribution >= 4 is 0 Å². The topological polar surface area (TPSA) is 47.0 Å². The van der Waals surface area contributed by atoms with Crippen molar-refractivity contribution in [2.45, 2.75) is 26.3 Å². The van der Waals surface area contributed by atoms with E-state index in [4.69, 9.17) is 4.74 Å². The van der Waals surface area contributed by atoms with Gasteiger partial charge in [0, 0.05) is 6.54 Å². The van der Waals surface area contributed by atoms with Crippen molar-refractivity contribution < 1.29 is 4.74 Å². The van der Waals surface area contributed by atoms with Crippen LogP contribution in [0.5, 0.6) is 5.88 Å². The number of hydrogen-bond donors (Lipinski definition) is 1. The molecule has 4 nitrogen and oxygen atoms in total. The fourth-order valence-corrected chi connectivity index (χ4v) is 2.12. The second-order valence-electron chi connectivity index (χ2n) is 4.87. The van der Waals surface area contributed by atoms with E-state index < -0.39 is 0 Å². The molecule has 0 amide bonds. The van der Waals surface area contributed by atoms with E-state index in [1.54, 1.807) is 12.4 Å². The molecular weight excluding hydrogens is 226 g/mol. The first-order chi connectivity index (χ1) is 8.79. The summed E-state index contributed by atoms with van der Waals surface area (Å²) in [6.45, 7) is 3.74. The van der Waals surface area contributed by atoms with Crippen LogP contribution >= 0.6 is 0 Å². The zero-order chi connectivity index (χ0) is 12.8. The molecule has 2 rings (SSSR count). The number of allylic oxidation sites excluding steroid dienone is 2. The van der Waals surface area contributed by atoms with Crippen molar-refractivity contribution in [1.29, 1.82) is 0 Å². The molecule has 1 heterocycles. The highest BCUT2D eigenvalue weighted by atomic mass is 16.5. The fraction of sp³-hybridized carbons (Fsp3) is 0.571. The van der Waals surface area contributed by atoms with Crippen molar-refractivity contribution in [3.8, 4) is 5.88 Å². The van der Waals surface area contributed by atoms with Crippen LogP contribution in [0.15, 0.2) is 24.5 Å². The summed E-state index contributed by atoms with van der Waals surface area (Å²) in [5.41, 5.74) is 0.929. The largest absolute Gasteiger partial charge is 0.476 e. The van der Waals surface area contributed by atoms with Gasteiger partial charge in [-0.25, -0.2) is 4.98 Å². The predicted octanol–water partition coefficient (Wildman–Crippen LogP) is 2.18. The smallest absolute Gasteiger partial charge is 0.232 e. The molecule has 0 saturated carbocycles. The van der Waals surface area contributed by atoms with Crippen molar-refractivity contribution in [2.24, 2.45) is 11.8 Å². The molecule has 1 N–H and O–H groups in total. The summed E-state index contributed by atoms with van der Waals surface area (Å²) in [7, 11) is 1.89. The lowest BCUT2D eigenvalue weighted by Gasteiger charge is -2.24. The highest BCUT2D eigenvalue weighted by Crippen LogP contribution is 2.25. The number of hydrogen-bond acceptors (Lipinski definition) is 4. The van der Waals surface area contributed by atoms with Gasteiger partial charge in [0.15, 0.2) is 0 Å². The monoisotopic (exact) mass is 247 g/mol. The molecule has 1 aliphatic carbocycles.